The standard InChI is InChI=1S/C15H22N4O/c1-11-8-13-14(9-12(11)2)19(10-17-13)7-5-3-4-6-15(20)18-16/h8-10H,3-7,16H2,1-2H3,(H,18,20). The number of nitrogens with two attached hydrogens (primary N) is 1. The number of carbonyl (C=O) groups is 1. The Kier molecular flexibility index (Phi) is 4.74. The van der Waals surface area contributed by atoms with Crippen molar-refractivity contribution in [2.24, 2.45) is 5.84 Å². The highest BCUT2D eigenvalue weighted by Gasteiger charge is 2.05. The van der Waals surface area contributed by atoms with Gasteiger partial charge in [0, 0.05) is 13.0 Å². The fourth-order valence-corrected chi connectivity index (χ4v) is 2.31. The van der Waals surface area contributed by atoms with Gasteiger partial charge in [-0.3, -0.25) is 10.2 Å². The van der Waals surface area contributed by atoms with Crippen LogP contribution in [0.1, 0.15) is 36.8 Å². The molecule has 0 aliphatic heterocycles. The van der Waals surface area contributed by atoms with Gasteiger partial charge in [0.2, 0.25) is 5.91 Å². The molecular formula is C15H22N4O. The summed E-state index contributed by atoms with van der Waals surface area (Å²) in [7, 11) is 0. The van der Waals surface area contributed by atoms with Gasteiger partial charge in [-0.25, -0.2) is 10.8 Å². The van der Waals surface area contributed by atoms with Crippen LogP contribution in [0.2, 0.25) is 0 Å². The zero-order chi connectivity index (χ0) is 14.5. The minimum Gasteiger partial charge on any atom is -0.331 e. The third-order valence-corrected chi connectivity index (χ3v) is 3.70. The number of fused-ring (bicyclic) bond motifs is 1. The Balaban J connectivity index is 1.90. The number of nitrogens with zero attached hydrogens (tertiary/aromatic N) is 2. The molecule has 1 aromatic heterocycles. The van der Waals surface area contributed by atoms with Gasteiger partial charge in [0.15, 0.2) is 0 Å². The van der Waals surface area contributed by atoms with Crippen molar-refractivity contribution in [1.29, 1.82) is 0 Å². The number of hydrogen-bond donors (Lipinski definition) is 2. The lowest BCUT2D eigenvalue weighted by atomic mass is 10.1. The molecule has 1 aromatic carbocycles. The number of benzene rings is 1. The highest BCUT2D eigenvalue weighted by Crippen LogP contribution is 2.19. The van der Waals surface area contributed by atoms with Crippen molar-refractivity contribution >= 4 is 16.9 Å². The van der Waals surface area contributed by atoms with E-state index in [9.17, 15) is 4.79 Å². The van der Waals surface area contributed by atoms with Gasteiger partial charge in [-0.2, -0.15) is 0 Å². The van der Waals surface area contributed by atoms with Crippen LogP contribution in [0.25, 0.3) is 11.0 Å². The first-order valence-electron chi connectivity index (χ1n) is 7.03. The molecule has 0 atom stereocenters. The molecular weight excluding hydrogens is 252 g/mol. The molecule has 0 radical (unpaired) electrons. The van der Waals surface area contributed by atoms with Crippen LogP contribution in [0, 0.1) is 13.8 Å². The van der Waals surface area contributed by atoms with Crippen LogP contribution in [0.5, 0.6) is 0 Å². The molecule has 0 unspecified atom stereocenters. The van der Waals surface area contributed by atoms with Gasteiger partial charge < -0.3 is 4.57 Å². The molecule has 2 rings (SSSR count). The van der Waals surface area contributed by atoms with Gasteiger partial charge in [0.05, 0.1) is 17.4 Å². The number of unbranched alkanes of at least 4 members (excludes halogenated alkanes) is 2. The Bertz CT molecular complexity index is 603. The summed E-state index contributed by atoms with van der Waals surface area (Å²) in [6.45, 7) is 5.16. The molecule has 0 saturated heterocycles. The van der Waals surface area contributed by atoms with Crippen molar-refractivity contribution in [2.45, 2.75) is 46.1 Å². The Morgan fingerprint density at radius 3 is 2.75 bits per heavy atom. The molecule has 0 saturated carbocycles. The van der Waals surface area contributed by atoms with Crippen LogP contribution >= 0.6 is 0 Å². The lowest BCUT2D eigenvalue weighted by Gasteiger charge is -2.06. The highest BCUT2D eigenvalue weighted by atomic mass is 16.2. The van der Waals surface area contributed by atoms with E-state index in [-0.39, 0.29) is 5.91 Å². The Hall–Kier alpha value is -1.88. The fraction of sp³-hybridized carbons (Fsp3) is 0.467. The van der Waals surface area contributed by atoms with Crippen molar-refractivity contribution in [2.75, 3.05) is 0 Å². The number of amides is 1. The second-order valence-electron chi connectivity index (χ2n) is 5.24. The van der Waals surface area contributed by atoms with E-state index in [1.807, 2.05) is 6.33 Å². The van der Waals surface area contributed by atoms with E-state index in [2.05, 4.69) is 41.0 Å². The van der Waals surface area contributed by atoms with E-state index in [4.69, 9.17) is 5.84 Å². The maximum atomic E-state index is 11.0. The summed E-state index contributed by atoms with van der Waals surface area (Å²) in [5.74, 6) is 4.95. The van der Waals surface area contributed by atoms with Crippen LogP contribution in [-0.2, 0) is 11.3 Å². The predicted molar refractivity (Wildman–Crippen MR) is 80.0 cm³/mol. The first-order chi connectivity index (χ1) is 9.61. The number of hydrazine groups is 1. The molecule has 3 N–H and O–H groups in total. The van der Waals surface area contributed by atoms with Crippen LogP contribution in [-0.4, -0.2) is 15.5 Å². The van der Waals surface area contributed by atoms with Gasteiger partial charge in [-0.1, -0.05) is 6.42 Å². The third kappa shape index (κ3) is 3.36. The van der Waals surface area contributed by atoms with Crippen LogP contribution in [0.4, 0.5) is 0 Å². The number of aryl methyl sites for hydroxylation is 3. The van der Waals surface area contributed by atoms with Crippen LogP contribution < -0.4 is 11.3 Å². The quantitative estimate of drug-likeness (QED) is 0.367. The molecule has 1 amide bonds. The van der Waals surface area contributed by atoms with Crippen molar-refractivity contribution in [3.8, 4) is 0 Å². The number of nitrogens with one attached hydrogen (secondary N) is 1. The van der Waals surface area contributed by atoms with Crippen molar-refractivity contribution in [1.82, 2.24) is 15.0 Å². The average molecular weight is 274 g/mol. The summed E-state index contributed by atoms with van der Waals surface area (Å²) in [5, 5.41) is 0. The van der Waals surface area contributed by atoms with Gasteiger partial charge in [-0.05, 0) is 49.9 Å². The third-order valence-electron chi connectivity index (χ3n) is 3.70. The van der Waals surface area contributed by atoms with Gasteiger partial charge >= 0.3 is 0 Å². The van der Waals surface area contributed by atoms with Gasteiger partial charge in [0.1, 0.15) is 0 Å². The van der Waals surface area contributed by atoms with Gasteiger partial charge in [0.25, 0.3) is 0 Å². The largest absolute Gasteiger partial charge is 0.331 e. The van der Waals surface area contributed by atoms with E-state index in [0.29, 0.717) is 6.42 Å². The molecule has 0 bridgehead atoms. The monoisotopic (exact) mass is 274 g/mol. The van der Waals surface area contributed by atoms with Gasteiger partial charge in [-0.15, -0.1) is 0 Å². The second-order valence-corrected chi connectivity index (χ2v) is 5.24. The fourth-order valence-electron chi connectivity index (χ4n) is 2.31. The number of hydrogen-bond acceptors (Lipinski definition) is 3. The molecule has 20 heavy (non-hydrogen) atoms. The lowest BCUT2D eigenvalue weighted by Crippen LogP contribution is -2.29. The average Bonchev–Trinajstić information content (AvgIpc) is 2.81. The molecule has 0 fully saturated rings. The summed E-state index contributed by atoms with van der Waals surface area (Å²) in [6.07, 6.45) is 5.32. The van der Waals surface area contributed by atoms with Crippen LogP contribution in [0.15, 0.2) is 18.5 Å². The molecule has 0 aliphatic carbocycles. The zero-order valence-corrected chi connectivity index (χ0v) is 12.1. The molecule has 0 spiro atoms. The minimum atomic E-state index is -0.0934. The van der Waals surface area contributed by atoms with E-state index in [0.717, 1.165) is 31.3 Å². The van der Waals surface area contributed by atoms with Crippen molar-refractivity contribution in [3.63, 3.8) is 0 Å². The second kappa shape index (κ2) is 6.52. The number of rotatable bonds is 6. The summed E-state index contributed by atoms with van der Waals surface area (Å²) in [5.41, 5.74) is 6.95. The minimum absolute atomic E-state index is 0.0934. The molecule has 108 valence electrons. The van der Waals surface area contributed by atoms with Crippen LogP contribution in [0.3, 0.4) is 0 Å². The maximum absolute atomic E-state index is 11.0. The summed E-state index contributed by atoms with van der Waals surface area (Å²) in [4.78, 5) is 15.4. The Labute approximate surface area is 119 Å². The molecule has 2 aromatic rings. The summed E-state index contributed by atoms with van der Waals surface area (Å²) >= 11 is 0. The highest BCUT2D eigenvalue weighted by molar-refractivity contribution is 5.77. The maximum Gasteiger partial charge on any atom is 0.233 e. The van der Waals surface area contributed by atoms with Crippen molar-refractivity contribution in [3.05, 3.63) is 29.6 Å². The topological polar surface area (TPSA) is 72.9 Å². The summed E-state index contributed by atoms with van der Waals surface area (Å²) in [6, 6.07) is 4.33. The van der Waals surface area contributed by atoms with E-state index in [1.54, 1.807) is 0 Å². The van der Waals surface area contributed by atoms with E-state index >= 15 is 0 Å². The smallest absolute Gasteiger partial charge is 0.233 e. The van der Waals surface area contributed by atoms with Crippen molar-refractivity contribution < 1.29 is 4.79 Å². The summed E-state index contributed by atoms with van der Waals surface area (Å²) < 4.78 is 2.19. The SMILES string of the molecule is Cc1cc2ncn(CCCCCC(=O)NN)c2cc1C. The molecule has 1 heterocycles. The Morgan fingerprint density at radius 2 is 2.00 bits per heavy atom. The number of imidazole rings is 1. The zero-order valence-electron chi connectivity index (χ0n) is 12.1. The first kappa shape index (κ1) is 14.5. The number of aromatic nitrogens is 2. The number of carbonyl (C=O) groups excluding carboxylic acids is 1. The normalized spacial score (nSPS) is 10.9. The lowest BCUT2D eigenvalue weighted by molar-refractivity contribution is -0.121. The molecule has 0 aliphatic rings. The first-order valence-corrected chi connectivity index (χ1v) is 7.03. The predicted octanol–water partition coefficient (Wildman–Crippen LogP) is 2.20. The van der Waals surface area contributed by atoms with E-state index in [1.165, 1.54) is 16.6 Å². The molecule has 5 nitrogen and oxygen atoms in total. The Morgan fingerprint density at radius 1 is 1.25 bits per heavy atom. The molecule has 5 heteroatoms. The van der Waals surface area contributed by atoms with E-state index < -0.39 is 0 Å².